The Kier molecular flexibility index (Phi) is 5.83. The molecule has 2 aliphatic rings. The van der Waals surface area contributed by atoms with E-state index in [-0.39, 0.29) is 18.4 Å². The smallest absolute Gasteiger partial charge is 0.241 e. The van der Waals surface area contributed by atoms with E-state index in [9.17, 15) is 9.59 Å². The normalized spacial score (nSPS) is 27.1. The van der Waals surface area contributed by atoms with Crippen LogP contribution >= 0.6 is 0 Å². The molecule has 2 fully saturated rings. The Morgan fingerprint density at radius 3 is 2.35 bits per heavy atom. The zero-order valence-corrected chi connectivity index (χ0v) is 12.3. The number of amides is 2. The molecule has 0 bridgehead atoms. The number of nitrogens with two attached hydrogens (primary N) is 1. The number of piperidine rings is 1. The molecule has 0 spiro atoms. The molecule has 1 aliphatic carbocycles. The first-order valence-corrected chi connectivity index (χ1v) is 7.95. The second-order valence-corrected chi connectivity index (χ2v) is 6.20. The van der Waals surface area contributed by atoms with Gasteiger partial charge in [0.1, 0.15) is 0 Å². The van der Waals surface area contributed by atoms with E-state index in [1.807, 2.05) is 4.90 Å². The van der Waals surface area contributed by atoms with E-state index in [2.05, 4.69) is 5.32 Å². The average Bonchev–Trinajstić information content (AvgIpc) is 2.48. The molecule has 0 radical (unpaired) electrons. The van der Waals surface area contributed by atoms with E-state index in [1.54, 1.807) is 0 Å². The standard InChI is InChI=1S/C15H27N3O2/c16-13-6-4-12(5-7-13)10-14(19)17-11-15(20)18-8-2-1-3-9-18/h12-13H,1-11,16H2,(H,17,19). The summed E-state index contributed by atoms with van der Waals surface area (Å²) in [7, 11) is 0. The summed E-state index contributed by atoms with van der Waals surface area (Å²) in [6.45, 7) is 1.84. The van der Waals surface area contributed by atoms with Crippen molar-refractivity contribution in [1.29, 1.82) is 0 Å². The average molecular weight is 281 g/mol. The van der Waals surface area contributed by atoms with Crippen LogP contribution in [0.2, 0.25) is 0 Å². The molecule has 1 saturated carbocycles. The highest BCUT2D eigenvalue weighted by Gasteiger charge is 2.22. The van der Waals surface area contributed by atoms with Crippen LogP contribution in [-0.4, -0.2) is 42.4 Å². The van der Waals surface area contributed by atoms with Gasteiger partial charge in [-0.2, -0.15) is 0 Å². The minimum absolute atomic E-state index is 0.0100. The number of carbonyl (C=O) groups is 2. The Morgan fingerprint density at radius 2 is 1.70 bits per heavy atom. The number of rotatable bonds is 4. The lowest BCUT2D eigenvalue weighted by Crippen LogP contribution is -2.43. The maximum absolute atomic E-state index is 11.9. The van der Waals surface area contributed by atoms with Gasteiger partial charge in [0.05, 0.1) is 6.54 Å². The Morgan fingerprint density at radius 1 is 1.05 bits per heavy atom. The second-order valence-electron chi connectivity index (χ2n) is 6.20. The lowest BCUT2D eigenvalue weighted by atomic mass is 9.84. The van der Waals surface area contributed by atoms with Gasteiger partial charge in [-0.1, -0.05) is 0 Å². The molecular weight excluding hydrogens is 254 g/mol. The Bertz CT molecular complexity index is 332. The van der Waals surface area contributed by atoms with E-state index in [1.165, 1.54) is 6.42 Å². The molecular formula is C15H27N3O2. The van der Waals surface area contributed by atoms with Gasteiger partial charge in [-0.25, -0.2) is 0 Å². The molecule has 5 nitrogen and oxygen atoms in total. The van der Waals surface area contributed by atoms with Gasteiger partial charge in [0.2, 0.25) is 11.8 Å². The molecule has 5 heteroatoms. The quantitative estimate of drug-likeness (QED) is 0.808. The highest BCUT2D eigenvalue weighted by atomic mass is 16.2. The van der Waals surface area contributed by atoms with Crippen molar-refractivity contribution in [3.05, 3.63) is 0 Å². The summed E-state index contributed by atoms with van der Waals surface area (Å²) in [5.41, 5.74) is 5.86. The van der Waals surface area contributed by atoms with Crippen molar-refractivity contribution >= 4 is 11.8 Å². The third-order valence-electron chi connectivity index (χ3n) is 4.51. The highest BCUT2D eigenvalue weighted by Crippen LogP contribution is 2.25. The topological polar surface area (TPSA) is 75.4 Å². The minimum Gasteiger partial charge on any atom is -0.347 e. The first kappa shape index (κ1) is 15.3. The number of hydrogen-bond donors (Lipinski definition) is 2. The number of likely N-dealkylation sites (tertiary alicyclic amines) is 1. The van der Waals surface area contributed by atoms with Crippen molar-refractivity contribution < 1.29 is 9.59 Å². The SMILES string of the molecule is NC1CCC(CC(=O)NCC(=O)N2CCCCC2)CC1. The van der Waals surface area contributed by atoms with Crippen molar-refractivity contribution in [3.8, 4) is 0 Å². The van der Waals surface area contributed by atoms with Gasteiger partial charge < -0.3 is 16.0 Å². The fourth-order valence-electron chi connectivity index (χ4n) is 3.16. The van der Waals surface area contributed by atoms with Crippen molar-refractivity contribution in [1.82, 2.24) is 10.2 Å². The van der Waals surface area contributed by atoms with Crippen molar-refractivity contribution in [2.24, 2.45) is 11.7 Å². The number of nitrogens with one attached hydrogen (secondary N) is 1. The van der Waals surface area contributed by atoms with Gasteiger partial charge in [0, 0.05) is 25.6 Å². The first-order valence-electron chi connectivity index (χ1n) is 7.95. The maximum Gasteiger partial charge on any atom is 0.241 e. The third-order valence-corrected chi connectivity index (χ3v) is 4.51. The van der Waals surface area contributed by atoms with E-state index >= 15 is 0 Å². The van der Waals surface area contributed by atoms with E-state index in [0.717, 1.165) is 51.6 Å². The monoisotopic (exact) mass is 281 g/mol. The summed E-state index contributed by atoms with van der Waals surface area (Å²) in [5.74, 6) is 0.513. The van der Waals surface area contributed by atoms with Crippen molar-refractivity contribution in [2.75, 3.05) is 19.6 Å². The van der Waals surface area contributed by atoms with Crippen LogP contribution in [0.3, 0.4) is 0 Å². The summed E-state index contributed by atoms with van der Waals surface area (Å²) >= 11 is 0. The largest absolute Gasteiger partial charge is 0.347 e. The highest BCUT2D eigenvalue weighted by molar-refractivity contribution is 5.84. The minimum atomic E-state index is 0.0100. The molecule has 2 amide bonds. The molecule has 0 aromatic rings. The van der Waals surface area contributed by atoms with Gasteiger partial charge in [0.25, 0.3) is 0 Å². The number of hydrogen-bond acceptors (Lipinski definition) is 3. The molecule has 0 atom stereocenters. The predicted molar refractivity (Wildman–Crippen MR) is 78.0 cm³/mol. The molecule has 114 valence electrons. The molecule has 20 heavy (non-hydrogen) atoms. The van der Waals surface area contributed by atoms with Crippen LogP contribution in [0.5, 0.6) is 0 Å². The van der Waals surface area contributed by atoms with Gasteiger partial charge in [-0.05, 0) is 50.9 Å². The molecule has 1 aliphatic heterocycles. The van der Waals surface area contributed by atoms with Crippen LogP contribution in [0, 0.1) is 5.92 Å². The van der Waals surface area contributed by atoms with E-state index < -0.39 is 0 Å². The molecule has 0 unspecified atom stereocenters. The maximum atomic E-state index is 11.9. The number of carbonyl (C=O) groups excluding carboxylic acids is 2. The molecule has 2 rings (SSSR count). The van der Waals surface area contributed by atoms with Crippen molar-refractivity contribution in [2.45, 2.75) is 57.4 Å². The Balaban J connectivity index is 1.63. The zero-order chi connectivity index (χ0) is 14.4. The predicted octanol–water partition coefficient (Wildman–Crippen LogP) is 1.02. The summed E-state index contributed by atoms with van der Waals surface area (Å²) in [4.78, 5) is 25.7. The van der Waals surface area contributed by atoms with Gasteiger partial charge >= 0.3 is 0 Å². The van der Waals surface area contributed by atoms with Crippen LogP contribution in [0.15, 0.2) is 0 Å². The lowest BCUT2D eigenvalue weighted by Gasteiger charge is -2.27. The lowest BCUT2D eigenvalue weighted by molar-refractivity contribution is -0.133. The van der Waals surface area contributed by atoms with Crippen LogP contribution < -0.4 is 11.1 Å². The zero-order valence-electron chi connectivity index (χ0n) is 12.3. The van der Waals surface area contributed by atoms with E-state index in [4.69, 9.17) is 5.73 Å². The second kappa shape index (κ2) is 7.62. The molecule has 3 N–H and O–H groups in total. The molecule has 1 heterocycles. The fraction of sp³-hybridized carbons (Fsp3) is 0.867. The van der Waals surface area contributed by atoms with Crippen LogP contribution in [-0.2, 0) is 9.59 Å². The summed E-state index contributed by atoms with van der Waals surface area (Å²) < 4.78 is 0. The van der Waals surface area contributed by atoms with Crippen LogP contribution in [0.25, 0.3) is 0 Å². The van der Waals surface area contributed by atoms with Crippen LogP contribution in [0.1, 0.15) is 51.4 Å². The van der Waals surface area contributed by atoms with E-state index in [0.29, 0.717) is 18.4 Å². The first-order chi connectivity index (χ1) is 9.65. The third kappa shape index (κ3) is 4.78. The fourth-order valence-corrected chi connectivity index (χ4v) is 3.16. The summed E-state index contributed by atoms with van der Waals surface area (Å²) in [6.07, 6.45) is 8.03. The summed E-state index contributed by atoms with van der Waals surface area (Å²) in [6, 6.07) is 0.315. The molecule has 0 aromatic heterocycles. The number of nitrogens with zero attached hydrogens (tertiary/aromatic N) is 1. The van der Waals surface area contributed by atoms with Gasteiger partial charge in [-0.15, -0.1) is 0 Å². The van der Waals surface area contributed by atoms with Gasteiger partial charge in [-0.3, -0.25) is 9.59 Å². The Hall–Kier alpha value is -1.10. The Labute approximate surface area is 121 Å². The van der Waals surface area contributed by atoms with Gasteiger partial charge in [0.15, 0.2) is 0 Å². The molecule has 1 saturated heterocycles. The summed E-state index contributed by atoms with van der Waals surface area (Å²) in [5, 5.41) is 2.78. The van der Waals surface area contributed by atoms with Crippen molar-refractivity contribution in [3.63, 3.8) is 0 Å². The van der Waals surface area contributed by atoms with Crippen LogP contribution in [0.4, 0.5) is 0 Å². The molecule has 0 aromatic carbocycles.